The van der Waals surface area contributed by atoms with Gasteiger partial charge < -0.3 is 0 Å². The number of aromatic nitrogens is 2. The van der Waals surface area contributed by atoms with Crippen molar-refractivity contribution in [2.75, 3.05) is 24.6 Å². The summed E-state index contributed by atoms with van der Waals surface area (Å²) < 4.78 is 77.8. The largest absolute Gasteiger partial charge is 0.435 e. The van der Waals surface area contributed by atoms with Crippen molar-refractivity contribution in [2.45, 2.75) is 63.2 Å². The molecule has 1 aromatic heterocycles. The summed E-state index contributed by atoms with van der Waals surface area (Å²) in [6.45, 7) is 1.19. The van der Waals surface area contributed by atoms with Crippen LogP contribution in [-0.2, 0) is 23.5 Å². The standard InChI is InChI=1S/C20H26F5N3OS/c21-17(22)9-28-15(8-16(26-28)20(23,24)25)18-13-6-12(7-14(13)18)27-4-1-2-19(10-27)3-5-30(29)11-19/h8,12-14,17-18H,1-7,9-11H2/t12?,13-,14+,18?,19-,30?/m0/s1. The lowest BCUT2D eigenvalue weighted by molar-refractivity contribution is -0.141. The molecule has 0 radical (unpaired) electrons. The maximum atomic E-state index is 13.1. The Morgan fingerprint density at radius 2 is 1.97 bits per heavy atom. The molecule has 10 heteroatoms. The van der Waals surface area contributed by atoms with Crippen LogP contribution in [0.1, 0.15) is 49.4 Å². The third-order valence-electron chi connectivity index (χ3n) is 7.71. The van der Waals surface area contributed by atoms with E-state index in [4.69, 9.17) is 0 Å². The van der Waals surface area contributed by atoms with Crippen LogP contribution in [0.3, 0.4) is 0 Å². The monoisotopic (exact) mass is 451 g/mol. The molecule has 4 fully saturated rings. The topological polar surface area (TPSA) is 38.1 Å². The average molecular weight is 452 g/mol. The van der Waals surface area contributed by atoms with E-state index in [1.54, 1.807) is 0 Å². The molecular formula is C20H26F5N3OS. The highest BCUT2D eigenvalue weighted by molar-refractivity contribution is 7.85. The minimum absolute atomic E-state index is 0.0960. The van der Waals surface area contributed by atoms with E-state index in [1.165, 1.54) is 0 Å². The van der Waals surface area contributed by atoms with Crippen LogP contribution >= 0.6 is 0 Å². The van der Waals surface area contributed by atoms with Gasteiger partial charge in [-0.2, -0.15) is 18.3 Å². The molecule has 1 spiro atoms. The summed E-state index contributed by atoms with van der Waals surface area (Å²) in [6.07, 6.45) is -2.32. The van der Waals surface area contributed by atoms with Gasteiger partial charge in [0, 0.05) is 46.5 Å². The molecule has 4 aliphatic rings. The minimum atomic E-state index is -4.63. The smallest absolute Gasteiger partial charge is 0.300 e. The Kier molecular flexibility index (Phi) is 5.04. The zero-order valence-corrected chi connectivity index (χ0v) is 17.4. The lowest BCUT2D eigenvalue weighted by Crippen LogP contribution is -2.48. The van der Waals surface area contributed by atoms with Gasteiger partial charge in [-0.05, 0) is 62.0 Å². The third-order valence-corrected chi connectivity index (χ3v) is 9.30. The van der Waals surface area contributed by atoms with E-state index < -0.39 is 35.6 Å². The lowest BCUT2D eigenvalue weighted by atomic mass is 9.79. The molecule has 0 bridgehead atoms. The number of alkyl halides is 5. The molecule has 2 aliphatic carbocycles. The van der Waals surface area contributed by atoms with E-state index in [0.29, 0.717) is 11.7 Å². The molecule has 2 saturated heterocycles. The van der Waals surface area contributed by atoms with Gasteiger partial charge in [-0.25, -0.2) is 8.78 Å². The first-order valence-corrected chi connectivity index (χ1v) is 12.2. The van der Waals surface area contributed by atoms with Gasteiger partial charge in [0.2, 0.25) is 0 Å². The summed E-state index contributed by atoms with van der Waals surface area (Å²) in [5, 5.41) is 3.45. The molecule has 0 N–H and O–H groups in total. The summed E-state index contributed by atoms with van der Waals surface area (Å²) >= 11 is 0. The fraction of sp³-hybridized carbons (Fsp3) is 0.850. The fourth-order valence-corrected chi connectivity index (χ4v) is 8.23. The van der Waals surface area contributed by atoms with Gasteiger partial charge in [0.05, 0.1) is 0 Å². The predicted molar refractivity (Wildman–Crippen MR) is 102 cm³/mol. The van der Waals surface area contributed by atoms with E-state index in [0.717, 1.165) is 67.4 Å². The van der Waals surface area contributed by atoms with Crippen molar-refractivity contribution in [3.8, 4) is 0 Å². The molecule has 0 amide bonds. The van der Waals surface area contributed by atoms with Crippen molar-refractivity contribution in [2.24, 2.45) is 17.3 Å². The van der Waals surface area contributed by atoms with E-state index >= 15 is 0 Å². The number of hydrogen-bond donors (Lipinski definition) is 0. The molecule has 0 aromatic carbocycles. The maximum absolute atomic E-state index is 13.1. The van der Waals surface area contributed by atoms with Crippen molar-refractivity contribution in [3.63, 3.8) is 0 Å². The summed E-state index contributed by atoms with van der Waals surface area (Å²) in [5.74, 6) is 1.99. The minimum Gasteiger partial charge on any atom is -0.300 e. The number of piperidine rings is 1. The Morgan fingerprint density at radius 3 is 2.57 bits per heavy atom. The molecule has 6 atom stereocenters. The van der Waals surface area contributed by atoms with E-state index in [9.17, 15) is 26.2 Å². The average Bonchev–Trinajstić information content (AvgIpc) is 3.03. The molecule has 5 rings (SSSR count). The number of nitrogens with zero attached hydrogens (tertiary/aromatic N) is 3. The predicted octanol–water partition coefficient (Wildman–Crippen LogP) is 3.89. The van der Waals surface area contributed by atoms with Gasteiger partial charge >= 0.3 is 6.18 Å². The summed E-state index contributed by atoms with van der Waals surface area (Å²) in [6, 6.07) is 1.38. The van der Waals surface area contributed by atoms with Gasteiger partial charge in [0.25, 0.3) is 6.43 Å². The van der Waals surface area contributed by atoms with Gasteiger partial charge in [-0.3, -0.25) is 13.8 Å². The Balaban J connectivity index is 1.27. The maximum Gasteiger partial charge on any atom is 0.435 e. The van der Waals surface area contributed by atoms with Gasteiger partial charge in [0.1, 0.15) is 6.54 Å². The molecule has 2 saturated carbocycles. The van der Waals surface area contributed by atoms with Crippen molar-refractivity contribution < 1.29 is 26.2 Å². The Morgan fingerprint density at radius 1 is 1.23 bits per heavy atom. The summed E-state index contributed by atoms with van der Waals surface area (Å²) in [7, 11) is -0.707. The second kappa shape index (κ2) is 7.25. The Labute approximate surface area is 174 Å². The third kappa shape index (κ3) is 3.72. The van der Waals surface area contributed by atoms with Crippen LogP contribution in [0, 0.1) is 17.3 Å². The lowest BCUT2D eigenvalue weighted by Gasteiger charge is -2.43. The second-order valence-corrected chi connectivity index (χ2v) is 11.2. The normalized spacial score (nSPS) is 39.2. The molecule has 4 nitrogen and oxygen atoms in total. The van der Waals surface area contributed by atoms with E-state index in [1.807, 2.05) is 0 Å². The Hall–Kier alpha value is -1.03. The number of likely N-dealkylation sites (tertiary alicyclic amines) is 1. The van der Waals surface area contributed by atoms with Crippen LogP contribution in [0.15, 0.2) is 6.07 Å². The molecule has 3 unspecified atom stereocenters. The van der Waals surface area contributed by atoms with Crippen LogP contribution in [0.5, 0.6) is 0 Å². The molecular weight excluding hydrogens is 425 g/mol. The van der Waals surface area contributed by atoms with E-state index in [2.05, 4.69) is 10.00 Å². The van der Waals surface area contributed by atoms with Crippen LogP contribution in [-0.4, -0.2) is 56.0 Å². The quantitative estimate of drug-likeness (QED) is 0.652. The van der Waals surface area contributed by atoms with Crippen LogP contribution in [0.25, 0.3) is 0 Å². The molecule has 3 heterocycles. The first kappa shape index (κ1) is 20.8. The van der Waals surface area contributed by atoms with Crippen molar-refractivity contribution >= 4 is 10.8 Å². The first-order chi connectivity index (χ1) is 14.2. The Bertz CT molecular complexity index is 831. The number of fused-ring (bicyclic) bond motifs is 1. The van der Waals surface area contributed by atoms with Crippen LogP contribution in [0.4, 0.5) is 22.0 Å². The molecule has 2 aliphatic heterocycles. The van der Waals surface area contributed by atoms with Crippen molar-refractivity contribution in [3.05, 3.63) is 17.5 Å². The fourth-order valence-electron chi connectivity index (χ4n) is 6.36. The summed E-state index contributed by atoms with van der Waals surface area (Å²) in [5.41, 5.74) is -0.587. The molecule has 30 heavy (non-hydrogen) atoms. The van der Waals surface area contributed by atoms with Gasteiger partial charge in [0.15, 0.2) is 5.69 Å². The number of halogens is 5. The second-order valence-electron chi connectivity index (χ2n) is 9.62. The zero-order chi connectivity index (χ0) is 21.3. The first-order valence-electron chi connectivity index (χ1n) is 10.7. The van der Waals surface area contributed by atoms with Crippen LogP contribution < -0.4 is 0 Å². The highest BCUT2D eigenvalue weighted by Crippen LogP contribution is 2.64. The van der Waals surface area contributed by atoms with Crippen molar-refractivity contribution in [1.29, 1.82) is 0 Å². The highest BCUT2D eigenvalue weighted by Gasteiger charge is 2.59. The van der Waals surface area contributed by atoms with Gasteiger partial charge in [-0.1, -0.05) is 0 Å². The highest BCUT2D eigenvalue weighted by atomic mass is 32.2. The SMILES string of the molecule is O=S1CC[C@]2(CCCN(C3C[C@@H]4C(c5cc(C(F)(F)F)nn5CC(F)F)[C@@H]4C3)C2)C1. The van der Waals surface area contributed by atoms with E-state index in [-0.39, 0.29) is 23.2 Å². The summed E-state index contributed by atoms with van der Waals surface area (Å²) in [4.78, 5) is 2.51. The van der Waals surface area contributed by atoms with Crippen molar-refractivity contribution in [1.82, 2.24) is 14.7 Å². The molecule has 168 valence electrons. The molecule has 1 aromatic rings. The van der Waals surface area contributed by atoms with Gasteiger partial charge in [-0.15, -0.1) is 0 Å². The number of rotatable bonds is 4. The van der Waals surface area contributed by atoms with Crippen LogP contribution in [0.2, 0.25) is 0 Å². The zero-order valence-electron chi connectivity index (χ0n) is 16.6. The number of hydrogen-bond acceptors (Lipinski definition) is 3.